The molecule has 18 heavy (non-hydrogen) atoms. The van der Waals surface area contributed by atoms with Crippen LogP contribution < -0.4 is 5.32 Å². The Labute approximate surface area is 115 Å². The maximum Gasteiger partial charge on any atom is 0.296 e. The summed E-state index contributed by atoms with van der Waals surface area (Å²) < 4.78 is 0. The molecule has 0 bridgehead atoms. The first-order chi connectivity index (χ1) is 8.49. The number of anilines is 1. The van der Waals surface area contributed by atoms with Crippen LogP contribution in [-0.4, -0.2) is 43.0 Å². The Morgan fingerprint density at radius 1 is 1.33 bits per heavy atom. The highest BCUT2D eigenvalue weighted by Crippen LogP contribution is 2.35. The van der Waals surface area contributed by atoms with E-state index in [0.717, 1.165) is 17.2 Å². The van der Waals surface area contributed by atoms with E-state index in [9.17, 15) is 9.59 Å². The third-order valence-electron chi connectivity index (χ3n) is 2.57. The number of hydrogen-bond acceptors (Lipinski definition) is 4. The summed E-state index contributed by atoms with van der Waals surface area (Å²) in [5.74, 6) is -0.207. The third kappa shape index (κ3) is 2.68. The Kier molecular flexibility index (Phi) is 3.94. The summed E-state index contributed by atoms with van der Waals surface area (Å²) in [7, 11) is 4.01. The standard InChI is InChI=1S/C12H13ClN2O2S/c1-15(2)3-4-18-10-6-9-7(5-8(10)13)11(16)12(17)14-9/h5-6H,3-4H2,1-2H3,(H,14,16,17). The molecule has 0 aromatic heterocycles. The largest absolute Gasteiger partial charge is 0.318 e. The molecular formula is C12H13ClN2O2S. The van der Waals surface area contributed by atoms with E-state index >= 15 is 0 Å². The Bertz CT molecular complexity index is 517. The molecule has 1 heterocycles. The van der Waals surface area contributed by atoms with Crippen molar-refractivity contribution in [2.24, 2.45) is 0 Å². The second-order valence-corrected chi connectivity index (χ2v) is 5.81. The number of hydrogen-bond donors (Lipinski definition) is 1. The lowest BCUT2D eigenvalue weighted by molar-refractivity contribution is -0.112. The number of carbonyl (C=O) groups excluding carboxylic acids is 2. The number of fused-ring (bicyclic) bond motifs is 1. The Morgan fingerprint density at radius 3 is 2.72 bits per heavy atom. The van der Waals surface area contributed by atoms with E-state index in [1.54, 1.807) is 23.9 Å². The predicted molar refractivity (Wildman–Crippen MR) is 73.7 cm³/mol. The van der Waals surface area contributed by atoms with Gasteiger partial charge in [-0.3, -0.25) is 9.59 Å². The number of Topliss-reactive ketones (excluding diaryl/α,β-unsaturated/α-hetero) is 1. The third-order valence-corrected chi connectivity index (χ3v) is 4.03. The lowest BCUT2D eigenvalue weighted by atomic mass is 10.1. The van der Waals surface area contributed by atoms with E-state index in [1.165, 1.54) is 0 Å². The zero-order valence-corrected chi connectivity index (χ0v) is 11.7. The maximum absolute atomic E-state index is 11.5. The summed E-state index contributed by atoms with van der Waals surface area (Å²) in [5, 5.41) is 3.06. The van der Waals surface area contributed by atoms with Gasteiger partial charge in [0.05, 0.1) is 16.3 Å². The average molecular weight is 285 g/mol. The minimum absolute atomic E-state index is 0.363. The molecule has 1 aliphatic heterocycles. The summed E-state index contributed by atoms with van der Waals surface area (Å²) in [6.45, 7) is 0.934. The molecule has 2 rings (SSSR count). The van der Waals surface area contributed by atoms with Gasteiger partial charge in [0.15, 0.2) is 0 Å². The first-order valence-electron chi connectivity index (χ1n) is 5.46. The monoisotopic (exact) mass is 284 g/mol. The van der Waals surface area contributed by atoms with Crippen LogP contribution in [0.5, 0.6) is 0 Å². The van der Waals surface area contributed by atoms with E-state index in [1.807, 2.05) is 14.1 Å². The van der Waals surface area contributed by atoms with Crippen LogP contribution in [0.15, 0.2) is 17.0 Å². The smallest absolute Gasteiger partial charge is 0.296 e. The van der Waals surface area contributed by atoms with Gasteiger partial charge in [-0.15, -0.1) is 11.8 Å². The van der Waals surface area contributed by atoms with Gasteiger partial charge in [0.1, 0.15) is 0 Å². The maximum atomic E-state index is 11.5. The van der Waals surface area contributed by atoms with Crippen molar-refractivity contribution in [1.29, 1.82) is 0 Å². The van der Waals surface area contributed by atoms with Crippen molar-refractivity contribution in [2.75, 3.05) is 31.7 Å². The highest BCUT2D eigenvalue weighted by atomic mass is 35.5. The molecule has 1 N–H and O–H groups in total. The van der Waals surface area contributed by atoms with Crippen molar-refractivity contribution in [3.63, 3.8) is 0 Å². The predicted octanol–water partition coefficient (Wildman–Crippen LogP) is 2.13. The minimum atomic E-state index is -0.587. The first-order valence-corrected chi connectivity index (χ1v) is 6.82. The second-order valence-electron chi connectivity index (χ2n) is 4.26. The molecule has 1 aliphatic rings. The van der Waals surface area contributed by atoms with E-state index in [4.69, 9.17) is 11.6 Å². The molecule has 0 aliphatic carbocycles. The lowest BCUT2D eigenvalue weighted by Crippen LogP contribution is -2.14. The summed E-state index contributed by atoms with van der Waals surface area (Å²) in [4.78, 5) is 25.7. The number of carbonyl (C=O) groups is 2. The Balaban J connectivity index is 2.17. The van der Waals surface area contributed by atoms with Crippen LogP contribution in [0, 0.1) is 0 Å². The molecule has 0 saturated carbocycles. The van der Waals surface area contributed by atoms with Gasteiger partial charge in [-0.25, -0.2) is 0 Å². The molecule has 96 valence electrons. The summed E-state index contributed by atoms with van der Waals surface area (Å²) in [6.07, 6.45) is 0. The van der Waals surface area contributed by atoms with Crippen molar-refractivity contribution in [3.8, 4) is 0 Å². The average Bonchev–Trinajstić information content (AvgIpc) is 2.55. The Morgan fingerprint density at radius 2 is 2.06 bits per heavy atom. The van der Waals surface area contributed by atoms with Gasteiger partial charge in [-0.2, -0.15) is 0 Å². The van der Waals surface area contributed by atoms with E-state index in [0.29, 0.717) is 16.3 Å². The van der Waals surface area contributed by atoms with Crippen molar-refractivity contribution in [2.45, 2.75) is 4.90 Å². The number of thioether (sulfide) groups is 1. The van der Waals surface area contributed by atoms with Crippen LogP contribution in [0.3, 0.4) is 0 Å². The van der Waals surface area contributed by atoms with Gasteiger partial charge in [-0.05, 0) is 26.2 Å². The number of benzene rings is 1. The fraction of sp³-hybridized carbons (Fsp3) is 0.333. The number of ketones is 1. The van der Waals surface area contributed by atoms with Crippen LogP contribution >= 0.6 is 23.4 Å². The highest BCUT2D eigenvalue weighted by Gasteiger charge is 2.28. The molecule has 1 aromatic rings. The number of amides is 1. The molecule has 0 atom stereocenters. The van der Waals surface area contributed by atoms with Crippen LogP contribution in [0.25, 0.3) is 0 Å². The van der Waals surface area contributed by atoms with Crippen LogP contribution in [0.1, 0.15) is 10.4 Å². The van der Waals surface area contributed by atoms with Gasteiger partial charge in [0.25, 0.3) is 11.7 Å². The summed E-state index contributed by atoms with van der Waals surface area (Å²) >= 11 is 7.72. The topological polar surface area (TPSA) is 49.4 Å². The van der Waals surface area contributed by atoms with Crippen molar-refractivity contribution in [3.05, 3.63) is 22.7 Å². The fourth-order valence-corrected chi connectivity index (χ4v) is 3.00. The zero-order chi connectivity index (χ0) is 13.3. The Hall–Kier alpha value is -1.04. The second kappa shape index (κ2) is 5.30. The van der Waals surface area contributed by atoms with Gasteiger partial charge in [0.2, 0.25) is 0 Å². The molecule has 0 unspecified atom stereocenters. The molecule has 0 saturated heterocycles. The summed E-state index contributed by atoms with van der Waals surface area (Å²) in [6, 6.07) is 3.33. The zero-order valence-electron chi connectivity index (χ0n) is 10.1. The first kappa shape index (κ1) is 13.4. The van der Waals surface area contributed by atoms with Crippen LogP contribution in [0.4, 0.5) is 5.69 Å². The van der Waals surface area contributed by atoms with Crippen LogP contribution in [-0.2, 0) is 4.79 Å². The van der Waals surface area contributed by atoms with E-state index < -0.39 is 11.7 Å². The lowest BCUT2D eigenvalue weighted by Gasteiger charge is -2.10. The normalized spacial score (nSPS) is 14.0. The number of halogens is 1. The molecule has 0 radical (unpaired) electrons. The molecule has 0 fully saturated rings. The number of nitrogens with zero attached hydrogens (tertiary/aromatic N) is 1. The SMILES string of the molecule is CN(C)CCSc1cc2c(cc1Cl)C(=O)C(=O)N2. The molecule has 0 spiro atoms. The van der Waals surface area contributed by atoms with Gasteiger partial charge in [-0.1, -0.05) is 11.6 Å². The molecule has 1 amide bonds. The quantitative estimate of drug-likeness (QED) is 0.680. The summed E-state index contributed by atoms with van der Waals surface area (Å²) in [5.41, 5.74) is 0.920. The van der Waals surface area contributed by atoms with Crippen LogP contribution in [0.2, 0.25) is 5.02 Å². The van der Waals surface area contributed by atoms with Crippen molar-refractivity contribution >= 4 is 40.7 Å². The van der Waals surface area contributed by atoms with Gasteiger partial charge < -0.3 is 10.2 Å². The molecule has 1 aromatic carbocycles. The van der Waals surface area contributed by atoms with E-state index in [-0.39, 0.29) is 0 Å². The van der Waals surface area contributed by atoms with Gasteiger partial charge >= 0.3 is 0 Å². The molecule has 6 heteroatoms. The highest BCUT2D eigenvalue weighted by molar-refractivity contribution is 7.99. The molecule has 4 nitrogen and oxygen atoms in total. The van der Waals surface area contributed by atoms with E-state index in [2.05, 4.69) is 10.2 Å². The number of nitrogens with one attached hydrogen (secondary N) is 1. The van der Waals surface area contributed by atoms with Crippen molar-refractivity contribution in [1.82, 2.24) is 4.90 Å². The number of rotatable bonds is 4. The fourth-order valence-electron chi connectivity index (χ4n) is 1.59. The van der Waals surface area contributed by atoms with Crippen molar-refractivity contribution < 1.29 is 9.59 Å². The minimum Gasteiger partial charge on any atom is -0.318 e. The van der Waals surface area contributed by atoms with Gasteiger partial charge in [0, 0.05) is 17.2 Å². The molecular weight excluding hydrogens is 272 g/mol.